The van der Waals surface area contributed by atoms with Gasteiger partial charge < -0.3 is 0 Å². The maximum atomic E-state index is 4.09. The second kappa shape index (κ2) is 5.70. The van der Waals surface area contributed by atoms with Crippen molar-refractivity contribution < 1.29 is 0 Å². The van der Waals surface area contributed by atoms with Gasteiger partial charge in [-0.1, -0.05) is 74.2 Å². The van der Waals surface area contributed by atoms with Crippen molar-refractivity contribution in [1.29, 1.82) is 0 Å². The van der Waals surface area contributed by atoms with Gasteiger partial charge in [-0.2, -0.15) is 0 Å². The first kappa shape index (κ1) is 14.3. The lowest BCUT2D eigenvalue weighted by Crippen LogP contribution is -2.02. The summed E-state index contributed by atoms with van der Waals surface area (Å²) in [5, 5.41) is 0. The van der Waals surface area contributed by atoms with E-state index in [1.54, 1.807) is 5.57 Å². The summed E-state index contributed by atoms with van der Waals surface area (Å²) in [6, 6.07) is 4.63. The molecule has 0 bridgehead atoms. The Morgan fingerprint density at radius 1 is 1.04 bits per heavy atom. The standard InChI is InChI=1S/C23H22/c1-16-7-3-4-8-17(2)23-18(12-11-16)13-14-21-20-10-6-5-9-19(20)15-22(21)23/h3-5,7-9,11-14,17H,1,6,10,15H2,2H3/b7-3-,8-4-,12-11-. The highest BCUT2D eigenvalue weighted by Gasteiger charge is 2.26. The van der Waals surface area contributed by atoms with E-state index in [4.69, 9.17) is 0 Å². The van der Waals surface area contributed by atoms with E-state index in [1.165, 1.54) is 40.7 Å². The lowest BCUT2D eigenvalue weighted by atomic mass is 9.86. The Hall–Kier alpha value is -2.34. The number of hydrogen-bond acceptors (Lipinski definition) is 0. The molecule has 1 atom stereocenters. The van der Waals surface area contributed by atoms with E-state index in [-0.39, 0.29) is 0 Å². The van der Waals surface area contributed by atoms with Gasteiger partial charge in [-0.3, -0.25) is 0 Å². The first-order valence-electron chi connectivity index (χ1n) is 8.50. The average molecular weight is 298 g/mol. The zero-order valence-corrected chi connectivity index (χ0v) is 13.7. The fourth-order valence-electron chi connectivity index (χ4n) is 3.98. The zero-order valence-electron chi connectivity index (χ0n) is 13.7. The predicted octanol–water partition coefficient (Wildman–Crippen LogP) is 6.15. The number of benzene rings is 1. The second-order valence-corrected chi connectivity index (χ2v) is 6.66. The quantitative estimate of drug-likeness (QED) is 0.539. The van der Waals surface area contributed by atoms with E-state index in [9.17, 15) is 0 Å². The van der Waals surface area contributed by atoms with Gasteiger partial charge in [-0.25, -0.2) is 0 Å². The molecule has 114 valence electrons. The van der Waals surface area contributed by atoms with E-state index in [1.807, 2.05) is 0 Å². The van der Waals surface area contributed by atoms with E-state index < -0.39 is 0 Å². The molecule has 0 spiro atoms. The van der Waals surface area contributed by atoms with Crippen molar-refractivity contribution in [3.8, 4) is 0 Å². The summed E-state index contributed by atoms with van der Waals surface area (Å²) in [4.78, 5) is 0. The zero-order chi connectivity index (χ0) is 15.8. The minimum atomic E-state index is 0.422. The molecule has 0 saturated heterocycles. The first-order chi connectivity index (χ1) is 11.2. The maximum absolute atomic E-state index is 4.09. The molecule has 1 aromatic rings. The molecule has 23 heavy (non-hydrogen) atoms. The van der Waals surface area contributed by atoms with Crippen LogP contribution in [0.3, 0.4) is 0 Å². The summed E-state index contributed by atoms with van der Waals surface area (Å²) in [6.07, 6.45) is 21.1. The first-order valence-corrected chi connectivity index (χ1v) is 8.50. The largest absolute Gasteiger partial charge is 0.0918 e. The van der Waals surface area contributed by atoms with Gasteiger partial charge in [0.05, 0.1) is 0 Å². The smallest absolute Gasteiger partial charge is 0.000168 e. The second-order valence-electron chi connectivity index (χ2n) is 6.66. The monoisotopic (exact) mass is 298 g/mol. The summed E-state index contributed by atoms with van der Waals surface area (Å²) >= 11 is 0. The van der Waals surface area contributed by atoms with Crippen LogP contribution in [0, 0.1) is 0 Å². The van der Waals surface area contributed by atoms with Gasteiger partial charge in [0.15, 0.2) is 0 Å². The Morgan fingerprint density at radius 2 is 1.96 bits per heavy atom. The van der Waals surface area contributed by atoms with E-state index in [0.29, 0.717) is 5.92 Å². The van der Waals surface area contributed by atoms with Crippen LogP contribution in [0.4, 0.5) is 0 Å². The summed E-state index contributed by atoms with van der Waals surface area (Å²) < 4.78 is 0. The minimum absolute atomic E-state index is 0.422. The lowest BCUT2D eigenvalue weighted by molar-refractivity contribution is 0.936. The third kappa shape index (κ3) is 2.49. The fraction of sp³-hybridized carbons (Fsp3) is 0.217. The van der Waals surface area contributed by atoms with Crippen molar-refractivity contribution >= 4 is 11.6 Å². The molecule has 0 amide bonds. The normalized spacial score (nSPS) is 26.3. The molecule has 0 aliphatic heterocycles. The fourth-order valence-corrected chi connectivity index (χ4v) is 3.98. The van der Waals surface area contributed by atoms with E-state index in [2.05, 4.69) is 74.2 Å². The van der Waals surface area contributed by atoms with Gasteiger partial charge in [0, 0.05) is 5.92 Å². The number of hydrogen-bond donors (Lipinski definition) is 0. The molecular weight excluding hydrogens is 276 g/mol. The molecule has 0 aromatic heterocycles. The van der Waals surface area contributed by atoms with Gasteiger partial charge in [0.1, 0.15) is 0 Å². The molecule has 0 saturated carbocycles. The molecule has 4 rings (SSSR count). The molecule has 1 unspecified atom stereocenters. The van der Waals surface area contributed by atoms with Crippen LogP contribution in [-0.2, 0) is 6.42 Å². The van der Waals surface area contributed by atoms with Crippen LogP contribution in [-0.4, -0.2) is 0 Å². The van der Waals surface area contributed by atoms with Gasteiger partial charge >= 0.3 is 0 Å². The molecule has 0 heteroatoms. The van der Waals surface area contributed by atoms with Crippen LogP contribution in [0.2, 0.25) is 0 Å². The molecule has 3 aliphatic carbocycles. The van der Waals surface area contributed by atoms with Crippen LogP contribution < -0.4 is 0 Å². The van der Waals surface area contributed by atoms with Gasteiger partial charge in [0.2, 0.25) is 0 Å². The summed E-state index contributed by atoms with van der Waals surface area (Å²) in [7, 11) is 0. The average Bonchev–Trinajstić information content (AvgIpc) is 2.94. The summed E-state index contributed by atoms with van der Waals surface area (Å²) in [5.74, 6) is 0.422. The summed E-state index contributed by atoms with van der Waals surface area (Å²) in [5.41, 5.74) is 9.99. The molecule has 0 radical (unpaired) electrons. The van der Waals surface area contributed by atoms with Crippen LogP contribution in [0.1, 0.15) is 47.9 Å². The van der Waals surface area contributed by atoms with Crippen LogP contribution in [0.25, 0.3) is 11.6 Å². The Kier molecular flexibility index (Phi) is 3.53. The Morgan fingerprint density at radius 3 is 2.87 bits per heavy atom. The Labute approximate surface area is 138 Å². The highest BCUT2D eigenvalue weighted by Crippen LogP contribution is 2.43. The SMILES string of the molecule is C=C1/C=C\C=C/C(C)c2c(ccc3c2CC2=C3CCC=C2)/C=C\1. The van der Waals surface area contributed by atoms with Crippen LogP contribution in [0.15, 0.2) is 72.4 Å². The predicted molar refractivity (Wildman–Crippen MR) is 100 cm³/mol. The third-order valence-electron chi connectivity index (χ3n) is 5.10. The molecule has 0 fully saturated rings. The lowest BCUT2D eigenvalue weighted by Gasteiger charge is -2.18. The van der Waals surface area contributed by atoms with Gasteiger partial charge in [-0.15, -0.1) is 0 Å². The highest BCUT2D eigenvalue weighted by atomic mass is 14.3. The summed E-state index contributed by atoms with van der Waals surface area (Å²) in [6.45, 7) is 6.39. The number of allylic oxidation sites excluding steroid dienone is 10. The van der Waals surface area contributed by atoms with Crippen LogP contribution in [0.5, 0.6) is 0 Å². The van der Waals surface area contributed by atoms with Crippen molar-refractivity contribution in [3.63, 3.8) is 0 Å². The van der Waals surface area contributed by atoms with Crippen molar-refractivity contribution in [2.75, 3.05) is 0 Å². The van der Waals surface area contributed by atoms with Crippen molar-refractivity contribution in [2.24, 2.45) is 0 Å². The number of fused-ring (bicyclic) bond motifs is 4. The molecular formula is C23H22. The molecule has 3 aliphatic rings. The number of rotatable bonds is 0. The Bertz CT molecular complexity index is 822. The molecule has 1 aromatic carbocycles. The van der Waals surface area contributed by atoms with Gasteiger partial charge in [-0.05, 0) is 58.2 Å². The van der Waals surface area contributed by atoms with E-state index >= 15 is 0 Å². The molecule has 0 N–H and O–H groups in total. The Balaban J connectivity index is 1.88. The molecule has 0 heterocycles. The highest BCUT2D eigenvalue weighted by molar-refractivity contribution is 5.82. The van der Waals surface area contributed by atoms with Crippen molar-refractivity contribution in [3.05, 3.63) is 94.6 Å². The topological polar surface area (TPSA) is 0 Å². The van der Waals surface area contributed by atoms with Crippen molar-refractivity contribution in [2.45, 2.75) is 32.1 Å². The van der Waals surface area contributed by atoms with Crippen LogP contribution >= 0.6 is 0 Å². The van der Waals surface area contributed by atoms with E-state index in [0.717, 1.165) is 12.0 Å². The third-order valence-corrected chi connectivity index (χ3v) is 5.10. The minimum Gasteiger partial charge on any atom is -0.0918 e. The maximum Gasteiger partial charge on any atom is 0.000168 e. The molecule has 0 nitrogen and oxygen atoms in total. The van der Waals surface area contributed by atoms with Crippen molar-refractivity contribution in [1.82, 2.24) is 0 Å². The van der Waals surface area contributed by atoms with Gasteiger partial charge in [0.25, 0.3) is 0 Å².